The summed E-state index contributed by atoms with van der Waals surface area (Å²) in [5, 5.41) is 2.96. The zero-order chi connectivity index (χ0) is 20.8. The van der Waals surface area contributed by atoms with Crippen LogP contribution in [0.1, 0.15) is 55.9 Å². The molecule has 0 aliphatic heterocycles. The summed E-state index contributed by atoms with van der Waals surface area (Å²) < 4.78 is 2.13. The Morgan fingerprint density at radius 1 is 1.20 bits per heavy atom. The zero-order valence-electron chi connectivity index (χ0n) is 17.4. The zero-order valence-corrected chi connectivity index (χ0v) is 17.4. The molecule has 5 nitrogen and oxygen atoms in total. The van der Waals surface area contributed by atoms with Crippen molar-refractivity contribution in [3.63, 3.8) is 0 Å². The summed E-state index contributed by atoms with van der Waals surface area (Å²) in [6, 6.07) is 12.5. The van der Waals surface area contributed by atoms with Gasteiger partial charge in [-0.2, -0.15) is 0 Å². The Morgan fingerprint density at radius 3 is 2.77 bits per heavy atom. The summed E-state index contributed by atoms with van der Waals surface area (Å²) in [5.74, 6) is 1.31. The molecule has 5 heteroatoms. The molecule has 1 aliphatic carbocycles. The molecule has 152 valence electrons. The first-order chi connectivity index (χ1) is 14.5. The Labute approximate surface area is 175 Å². The van der Waals surface area contributed by atoms with Crippen LogP contribution in [0.25, 0.3) is 32.9 Å². The van der Waals surface area contributed by atoms with Gasteiger partial charge in [0.15, 0.2) is 5.78 Å². The van der Waals surface area contributed by atoms with E-state index in [9.17, 15) is 4.79 Å². The van der Waals surface area contributed by atoms with Crippen LogP contribution in [0.4, 0.5) is 5.82 Å². The van der Waals surface area contributed by atoms with E-state index in [1.165, 1.54) is 25.6 Å². The molecule has 1 aliphatic rings. The number of nitrogens with zero attached hydrogens (tertiary/aromatic N) is 3. The monoisotopic (exact) mass is 398 g/mol. The fourth-order valence-corrected chi connectivity index (χ4v) is 4.48. The number of ketones is 1. The van der Waals surface area contributed by atoms with E-state index in [0.29, 0.717) is 18.2 Å². The first kappa shape index (κ1) is 18.8. The van der Waals surface area contributed by atoms with Crippen molar-refractivity contribution in [2.24, 2.45) is 5.92 Å². The fourth-order valence-electron chi connectivity index (χ4n) is 4.48. The van der Waals surface area contributed by atoms with E-state index in [0.717, 1.165) is 38.5 Å². The molecule has 4 aromatic rings. The van der Waals surface area contributed by atoms with Gasteiger partial charge in [-0.15, -0.1) is 0 Å². The second-order valence-corrected chi connectivity index (χ2v) is 8.67. The molecule has 5 rings (SSSR count). The van der Waals surface area contributed by atoms with E-state index in [2.05, 4.69) is 58.8 Å². The van der Waals surface area contributed by atoms with Gasteiger partial charge in [0.2, 0.25) is 0 Å². The normalized spacial score (nSPS) is 14.5. The van der Waals surface area contributed by atoms with Gasteiger partial charge < -0.3 is 10.3 Å². The third-order valence-electron chi connectivity index (χ3n) is 6.39. The third kappa shape index (κ3) is 3.05. The SMILES string of the molecule is CC(C)n1cc(-c2ccc3c(C(=O)CC4CCC4)cccc3c2)c2c(N)ncnc21. The number of anilines is 1. The first-order valence-electron chi connectivity index (χ1n) is 10.7. The fraction of sp³-hybridized carbons (Fsp3) is 0.320. The molecule has 0 atom stereocenters. The van der Waals surface area contributed by atoms with Crippen LogP contribution >= 0.6 is 0 Å². The molecule has 1 saturated carbocycles. The molecule has 0 radical (unpaired) electrons. The molecule has 0 unspecified atom stereocenters. The Morgan fingerprint density at radius 2 is 2.03 bits per heavy atom. The van der Waals surface area contributed by atoms with Gasteiger partial charge in [0, 0.05) is 29.8 Å². The number of fused-ring (bicyclic) bond motifs is 2. The van der Waals surface area contributed by atoms with Crippen LogP contribution in [0.2, 0.25) is 0 Å². The minimum Gasteiger partial charge on any atom is -0.383 e. The van der Waals surface area contributed by atoms with Crippen molar-refractivity contribution in [3.8, 4) is 11.1 Å². The second kappa shape index (κ2) is 7.24. The van der Waals surface area contributed by atoms with Gasteiger partial charge in [0.25, 0.3) is 0 Å². The Bertz CT molecular complexity index is 1270. The number of hydrogen-bond donors (Lipinski definition) is 1. The van der Waals surface area contributed by atoms with Crippen LogP contribution < -0.4 is 5.73 Å². The lowest BCUT2D eigenvalue weighted by Crippen LogP contribution is -2.16. The van der Waals surface area contributed by atoms with Gasteiger partial charge in [-0.1, -0.05) is 49.6 Å². The molecule has 0 saturated heterocycles. The predicted molar refractivity (Wildman–Crippen MR) is 122 cm³/mol. The van der Waals surface area contributed by atoms with E-state index in [1.54, 1.807) is 0 Å². The smallest absolute Gasteiger partial charge is 0.163 e. The Kier molecular flexibility index (Phi) is 4.54. The molecule has 2 heterocycles. The standard InChI is InChI=1S/C25H26N4O/c1-15(2)29-13-21(23-24(26)27-14-28-25(23)29)18-9-10-19-17(12-18)7-4-8-20(19)22(30)11-16-5-3-6-16/h4,7-10,12-16H,3,5-6,11H2,1-2H3,(H2,26,27,28). The summed E-state index contributed by atoms with van der Waals surface area (Å²) >= 11 is 0. The maximum absolute atomic E-state index is 12.9. The Balaban J connectivity index is 1.62. The lowest BCUT2D eigenvalue weighted by atomic mass is 9.80. The van der Waals surface area contributed by atoms with Crippen molar-refractivity contribution in [2.45, 2.75) is 45.6 Å². The highest BCUT2D eigenvalue weighted by molar-refractivity contribution is 6.09. The minimum atomic E-state index is 0.256. The van der Waals surface area contributed by atoms with Crippen LogP contribution in [-0.4, -0.2) is 20.3 Å². The molecule has 0 spiro atoms. The second-order valence-electron chi connectivity index (χ2n) is 8.67. The van der Waals surface area contributed by atoms with E-state index in [-0.39, 0.29) is 11.8 Å². The maximum atomic E-state index is 12.9. The van der Waals surface area contributed by atoms with Crippen LogP contribution in [0.15, 0.2) is 48.9 Å². The molecule has 0 bridgehead atoms. The number of nitrogens with two attached hydrogens (primary N) is 1. The predicted octanol–water partition coefficient (Wildman–Crippen LogP) is 5.79. The molecule has 2 aromatic carbocycles. The summed E-state index contributed by atoms with van der Waals surface area (Å²) in [5.41, 5.74) is 9.99. The molecule has 1 fully saturated rings. The van der Waals surface area contributed by atoms with Crippen molar-refractivity contribution in [3.05, 3.63) is 54.5 Å². The van der Waals surface area contributed by atoms with Gasteiger partial charge >= 0.3 is 0 Å². The average molecular weight is 399 g/mol. The van der Waals surface area contributed by atoms with Crippen LogP contribution in [0, 0.1) is 5.92 Å². The summed E-state index contributed by atoms with van der Waals surface area (Å²) in [7, 11) is 0. The molecular formula is C25H26N4O. The number of carbonyl (C=O) groups is 1. The number of nitrogen functional groups attached to an aromatic ring is 1. The molecule has 0 amide bonds. The van der Waals surface area contributed by atoms with Crippen molar-refractivity contribution < 1.29 is 4.79 Å². The van der Waals surface area contributed by atoms with Crippen LogP contribution in [0.3, 0.4) is 0 Å². The average Bonchev–Trinajstić information content (AvgIpc) is 3.11. The molecular weight excluding hydrogens is 372 g/mol. The highest BCUT2D eigenvalue weighted by Gasteiger charge is 2.22. The number of carbonyl (C=O) groups excluding carboxylic acids is 1. The number of aromatic nitrogens is 3. The van der Waals surface area contributed by atoms with Crippen molar-refractivity contribution in [1.29, 1.82) is 0 Å². The van der Waals surface area contributed by atoms with E-state index in [4.69, 9.17) is 5.73 Å². The highest BCUT2D eigenvalue weighted by Crippen LogP contribution is 2.36. The van der Waals surface area contributed by atoms with Gasteiger partial charge in [-0.05, 0) is 42.2 Å². The van der Waals surface area contributed by atoms with Crippen LogP contribution in [-0.2, 0) is 0 Å². The lowest BCUT2D eigenvalue weighted by Gasteiger charge is -2.24. The summed E-state index contributed by atoms with van der Waals surface area (Å²) in [6.07, 6.45) is 7.91. The maximum Gasteiger partial charge on any atom is 0.163 e. The summed E-state index contributed by atoms with van der Waals surface area (Å²) in [4.78, 5) is 21.6. The first-order valence-corrected chi connectivity index (χ1v) is 10.7. The minimum absolute atomic E-state index is 0.256. The topological polar surface area (TPSA) is 73.8 Å². The van der Waals surface area contributed by atoms with Crippen molar-refractivity contribution in [1.82, 2.24) is 14.5 Å². The summed E-state index contributed by atoms with van der Waals surface area (Å²) in [6.45, 7) is 4.25. The lowest BCUT2D eigenvalue weighted by molar-refractivity contribution is 0.0938. The quantitative estimate of drug-likeness (QED) is 0.432. The van der Waals surface area contributed by atoms with Gasteiger partial charge in [-0.25, -0.2) is 9.97 Å². The van der Waals surface area contributed by atoms with Crippen LogP contribution in [0.5, 0.6) is 0 Å². The van der Waals surface area contributed by atoms with Gasteiger partial charge in [0.1, 0.15) is 17.8 Å². The highest BCUT2D eigenvalue weighted by atomic mass is 16.1. The van der Waals surface area contributed by atoms with Gasteiger partial charge in [0.05, 0.1) is 5.39 Å². The Hall–Kier alpha value is -3.21. The molecule has 2 aromatic heterocycles. The molecule has 30 heavy (non-hydrogen) atoms. The van der Waals surface area contributed by atoms with E-state index >= 15 is 0 Å². The number of hydrogen-bond acceptors (Lipinski definition) is 4. The largest absolute Gasteiger partial charge is 0.383 e. The number of rotatable bonds is 5. The number of benzene rings is 2. The number of Topliss-reactive ketones (excluding diaryl/α,β-unsaturated/α-hetero) is 1. The molecule has 2 N–H and O–H groups in total. The van der Waals surface area contributed by atoms with E-state index < -0.39 is 0 Å². The van der Waals surface area contributed by atoms with Crippen molar-refractivity contribution >= 4 is 33.4 Å². The van der Waals surface area contributed by atoms with Gasteiger partial charge in [-0.3, -0.25) is 4.79 Å². The van der Waals surface area contributed by atoms with E-state index in [1.807, 2.05) is 12.1 Å². The third-order valence-corrected chi connectivity index (χ3v) is 6.39. The van der Waals surface area contributed by atoms with Crippen molar-refractivity contribution in [2.75, 3.05) is 5.73 Å².